The van der Waals surface area contributed by atoms with Crippen LogP contribution in [0.1, 0.15) is 36.9 Å². The highest BCUT2D eigenvalue weighted by Crippen LogP contribution is 2.31. The van der Waals surface area contributed by atoms with Gasteiger partial charge in [0.1, 0.15) is 6.04 Å². The van der Waals surface area contributed by atoms with Gasteiger partial charge in [-0.25, -0.2) is 4.79 Å². The van der Waals surface area contributed by atoms with Gasteiger partial charge in [0, 0.05) is 6.04 Å². The van der Waals surface area contributed by atoms with Gasteiger partial charge in [-0.1, -0.05) is 12.1 Å². The molecular formula is C14H16F3NO2. The van der Waals surface area contributed by atoms with E-state index in [1.54, 1.807) is 6.92 Å². The van der Waals surface area contributed by atoms with Crippen molar-refractivity contribution in [2.45, 2.75) is 38.0 Å². The molecule has 1 N–H and O–H groups in total. The number of alkyl halides is 3. The minimum atomic E-state index is -4.37. The largest absolute Gasteiger partial charge is 0.465 e. The summed E-state index contributed by atoms with van der Waals surface area (Å²) < 4.78 is 42.5. The quantitative estimate of drug-likeness (QED) is 0.846. The molecule has 110 valence electrons. The predicted octanol–water partition coefficient (Wildman–Crippen LogP) is 3.06. The van der Waals surface area contributed by atoms with Crippen molar-refractivity contribution >= 4 is 5.97 Å². The lowest BCUT2D eigenvalue weighted by Crippen LogP contribution is -2.31. The van der Waals surface area contributed by atoms with E-state index in [0.717, 1.165) is 25.0 Å². The van der Waals surface area contributed by atoms with Crippen LogP contribution >= 0.6 is 0 Å². The normalized spacial score (nSPS) is 16.8. The zero-order valence-corrected chi connectivity index (χ0v) is 11.0. The molecule has 20 heavy (non-hydrogen) atoms. The monoisotopic (exact) mass is 287 g/mol. The van der Waals surface area contributed by atoms with Crippen molar-refractivity contribution in [3.63, 3.8) is 0 Å². The molecule has 2 rings (SSSR count). The van der Waals surface area contributed by atoms with Crippen molar-refractivity contribution in [2.24, 2.45) is 0 Å². The number of benzene rings is 1. The van der Waals surface area contributed by atoms with E-state index in [-0.39, 0.29) is 12.6 Å². The molecule has 1 unspecified atom stereocenters. The van der Waals surface area contributed by atoms with Crippen molar-refractivity contribution < 1.29 is 22.7 Å². The van der Waals surface area contributed by atoms with Gasteiger partial charge in [-0.2, -0.15) is 13.2 Å². The maximum atomic E-state index is 12.5. The lowest BCUT2D eigenvalue weighted by atomic mass is 10.0. The summed E-state index contributed by atoms with van der Waals surface area (Å²) in [5.74, 6) is -0.459. The fourth-order valence-electron chi connectivity index (χ4n) is 1.88. The van der Waals surface area contributed by atoms with E-state index in [1.165, 1.54) is 12.1 Å². The van der Waals surface area contributed by atoms with Crippen molar-refractivity contribution in [3.05, 3.63) is 35.4 Å². The van der Waals surface area contributed by atoms with Gasteiger partial charge in [0.05, 0.1) is 12.2 Å². The Kier molecular flexibility index (Phi) is 4.32. The minimum absolute atomic E-state index is 0.238. The Bertz CT molecular complexity index is 466. The molecule has 0 spiro atoms. The Morgan fingerprint density at radius 2 is 1.95 bits per heavy atom. The second kappa shape index (κ2) is 5.83. The lowest BCUT2D eigenvalue weighted by Gasteiger charge is -2.18. The molecule has 1 atom stereocenters. The zero-order chi connectivity index (χ0) is 14.8. The van der Waals surface area contributed by atoms with Crippen LogP contribution in [0.3, 0.4) is 0 Å². The van der Waals surface area contributed by atoms with E-state index in [9.17, 15) is 18.0 Å². The molecule has 1 aromatic rings. The third-order valence-corrected chi connectivity index (χ3v) is 3.07. The first kappa shape index (κ1) is 14.8. The average molecular weight is 287 g/mol. The molecule has 0 amide bonds. The van der Waals surface area contributed by atoms with Crippen LogP contribution < -0.4 is 5.32 Å². The Morgan fingerprint density at radius 1 is 1.35 bits per heavy atom. The van der Waals surface area contributed by atoms with Gasteiger partial charge in [-0.15, -0.1) is 0 Å². The summed E-state index contributed by atoms with van der Waals surface area (Å²) in [5.41, 5.74) is -0.237. The number of hydrogen-bond donors (Lipinski definition) is 1. The highest BCUT2D eigenvalue weighted by Gasteiger charge is 2.33. The molecule has 1 saturated carbocycles. The molecule has 1 aliphatic rings. The van der Waals surface area contributed by atoms with Crippen LogP contribution in [-0.2, 0) is 15.7 Å². The van der Waals surface area contributed by atoms with Crippen LogP contribution in [0.5, 0.6) is 0 Å². The standard InChI is InChI=1S/C14H16F3NO2/c1-2-20-13(19)12(18-11-7-8-11)9-3-5-10(6-4-9)14(15,16)17/h3-6,11-12,18H,2,7-8H2,1H3. The third-order valence-electron chi connectivity index (χ3n) is 3.07. The summed E-state index contributed by atoms with van der Waals surface area (Å²) in [7, 11) is 0. The number of ether oxygens (including phenoxy) is 1. The van der Waals surface area contributed by atoms with Crippen LogP contribution in [0.4, 0.5) is 13.2 Å². The highest BCUT2D eigenvalue weighted by molar-refractivity contribution is 5.77. The Hall–Kier alpha value is -1.56. The fraction of sp³-hybridized carbons (Fsp3) is 0.500. The van der Waals surface area contributed by atoms with Gasteiger partial charge >= 0.3 is 12.1 Å². The van der Waals surface area contributed by atoms with E-state index < -0.39 is 23.8 Å². The molecule has 0 saturated heterocycles. The second-order valence-electron chi connectivity index (χ2n) is 4.75. The van der Waals surface area contributed by atoms with Crippen molar-refractivity contribution in [1.82, 2.24) is 5.32 Å². The van der Waals surface area contributed by atoms with E-state index in [2.05, 4.69) is 5.32 Å². The van der Waals surface area contributed by atoms with Crippen molar-refractivity contribution in [2.75, 3.05) is 6.61 Å². The van der Waals surface area contributed by atoms with Gasteiger partial charge in [0.25, 0.3) is 0 Å². The van der Waals surface area contributed by atoms with Crippen LogP contribution in [0, 0.1) is 0 Å². The molecule has 0 radical (unpaired) electrons. The zero-order valence-electron chi connectivity index (χ0n) is 11.0. The number of hydrogen-bond acceptors (Lipinski definition) is 3. The van der Waals surface area contributed by atoms with Crippen molar-refractivity contribution in [1.29, 1.82) is 0 Å². The molecule has 6 heteroatoms. The summed E-state index contributed by atoms with van der Waals surface area (Å²) in [6, 6.07) is 4.14. The average Bonchev–Trinajstić information content (AvgIpc) is 3.19. The maximum absolute atomic E-state index is 12.5. The molecule has 0 aliphatic heterocycles. The number of nitrogens with one attached hydrogen (secondary N) is 1. The third kappa shape index (κ3) is 3.72. The summed E-state index contributed by atoms with van der Waals surface area (Å²) in [6.07, 6.45) is -2.44. The number of carbonyl (C=O) groups is 1. The smallest absolute Gasteiger partial charge is 0.416 e. The minimum Gasteiger partial charge on any atom is -0.465 e. The van der Waals surface area contributed by atoms with E-state index in [4.69, 9.17) is 4.74 Å². The highest BCUT2D eigenvalue weighted by atomic mass is 19.4. The molecule has 1 aromatic carbocycles. The van der Waals surface area contributed by atoms with Crippen LogP contribution in [0.2, 0.25) is 0 Å². The molecule has 0 aromatic heterocycles. The summed E-state index contributed by atoms with van der Waals surface area (Å²) in [5, 5.41) is 3.09. The van der Waals surface area contributed by atoms with E-state index in [1.807, 2.05) is 0 Å². The van der Waals surface area contributed by atoms with Gasteiger partial charge in [0.2, 0.25) is 0 Å². The first-order valence-corrected chi connectivity index (χ1v) is 6.51. The van der Waals surface area contributed by atoms with Crippen molar-refractivity contribution in [3.8, 4) is 0 Å². The SMILES string of the molecule is CCOC(=O)C(NC1CC1)c1ccc(C(F)(F)F)cc1. The van der Waals surface area contributed by atoms with Gasteiger partial charge in [0.15, 0.2) is 0 Å². The summed E-state index contributed by atoms with van der Waals surface area (Å²) >= 11 is 0. The lowest BCUT2D eigenvalue weighted by molar-refractivity contribution is -0.145. The van der Waals surface area contributed by atoms with Crippen LogP contribution in [0.25, 0.3) is 0 Å². The van der Waals surface area contributed by atoms with Crippen LogP contribution in [0.15, 0.2) is 24.3 Å². The fourth-order valence-corrected chi connectivity index (χ4v) is 1.88. The molecule has 1 fully saturated rings. The summed E-state index contributed by atoms with van der Waals surface area (Å²) in [6.45, 7) is 1.93. The Balaban J connectivity index is 2.17. The first-order valence-electron chi connectivity index (χ1n) is 6.51. The number of esters is 1. The number of rotatable bonds is 5. The summed E-state index contributed by atoms with van der Waals surface area (Å²) in [4.78, 5) is 11.9. The van der Waals surface area contributed by atoms with E-state index in [0.29, 0.717) is 5.56 Å². The Labute approximate surface area is 115 Å². The maximum Gasteiger partial charge on any atom is 0.416 e. The van der Waals surface area contributed by atoms with Gasteiger partial charge in [-0.3, -0.25) is 5.32 Å². The Morgan fingerprint density at radius 3 is 2.40 bits per heavy atom. The number of halogens is 3. The molecule has 0 heterocycles. The van der Waals surface area contributed by atoms with Gasteiger partial charge in [-0.05, 0) is 37.5 Å². The predicted molar refractivity (Wildman–Crippen MR) is 67.0 cm³/mol. The molecule has 1 aliphatic carbocycles. The van der Waals surface area contributed by atoms with Crippen LogP contribution in [-0.4, -0.2) is 18.6 Å². The molecule has 3 nitrogen and oxygen atoms in total. The van der Waals surface area contributed by atoms with E-state index >= 15 is 0 Å². The molecule has 0 bridgehead atoms. The topological polar surface area (TPSA) is 38.3 Å². The second-order valence-corrected chi connectivity index (χ2v) is 4.75. The van der Waals surface area contributed by atoms with Gasteiger partial charge < -0.3 is 4.74 Å². The molecular weight excluding hydrogens is 271 g/mol. The first-order chi connectivity index (χ1) is 9.41. The number of carbonyl (C=O) groups excluding carboxylic acids is 1.